The Morgan fingerprint density at radius 2 is 1.33 bits per heavy atom. The average molecular weight is 168 g/mol. The maximum atomic E-state index is 5.69. The highest BCUT2D eigenvalue weighted by atomic mass is 14.6. The molecule has 2 unspecified atom stereocenters. The number of nitrogens with two attached hydrogens (primary N) is 2. The average Bonchev–Trinajstić information content (AvgIpc) is 2.11. The van der Waals surface area contributed by atoms with Crippen LogP contribution in [0, 0.1) is 10.8 Å². The SMILES string of the molecule is CC1(CN)C=CC(C)(CN)CC1. The van der Waals surface area contributed by atoms with E-state index in [0.717, 1.165) is 25.9 Å². The summed E-state index contributed by atoms with van der Waals surface area (Å²) in [4.78, 5) is 0. The minimum Gasteiger partial charge on any atom is -0.330 e. The van der Waals surface area contributed by atoms with Crippen molar-refractivity contribution in [2.75, 3.05) is 13.1 Å². The smallest absolute Gasteiger partial charge is 0.00115 e. The van der Waals surface area contributed by atoms with Crippen LogP contribution in [0.15, 0.2) is 12.2 Å². The Bertz CT molecular complexity index is 168. The van der Waals surface area contributed by atoms with E-state index in [2.05, 4.69) is 26.0 Å². The zero-order chi connectivity index (χ0) is 9.24. The minimum absolute atomic E-state index is 0.217. The van der Waals surface area contributed by atoms with E-state index in [1.54, 1.807) is 0 Å². The summed E-state index contributed by atoms with van der Waals surface area (Å²) in [6.45, 7) is 5.90. The third-order valence-corrected chi connectivity index (χ3v) is 3.09. The van der Waals surface area contributed by atoms with Crippen LogP contribution >= 0.6 is 0 Å². The zero-order valence-electron chi connectivity index (χ0n) is 8.14. The summed E-state index contributed by atoms with van der Waals surface area (Å²) in [6, 6.07) is 0. The molecule has 0 aromatic carbocycles. The number of hydrogen-bond donors (Lipinski definition) is 2. The van der Waals surface area contributed by atoms with Gasteiger partial charge in [0.05, 0.1) is 0 Å². The first-order valence-electron chi connectivity index (χ1n) is 4.64. The van der Waals surface area contributed by atoms with Crippen molar-refractivity contribution in [2.24, 2.45) is 22.3 Å². The van der Waals surface area contributed by atoms with Crippen molar-refractivity contribution in [3.8, 4) is 0 Å². The molecule has 0 aromatic heterocycles. The largest absolute Gasteiger partial charge is 0.330 e. The van der Waals surface area contributed by atoms with E-state index in [1.807, 2.05) is 0 Å². The molecular formula is C10H20N2. The summed E-state index contributed by atoms with van der Waals surface area (Å²) in [5.74, 6) is 0. The van der Waals surface area contributed by atoms with Gasteiger partial charge >= 0.3 is 0 Å². The first-order chi connectivity index (χ1) is 5.54. The van der Waals surface area contributed by atoms with E-state index in [-0.39, 0.29) is 10.8 Å². The van der Waals surface area contributed by atoms with Crippen LogP contribution < -0.4 is 11.5 Å². The maximum absolute atomic E-state index is 5.69. The van der Waals surface area contributed by atoms with Crippen LogP contribution in [0.5, 0.6) is 0 Å². The van der Waals surface area contributed by atoms with E-state index in [1.165, 1.54) is 0 Å². The van der Waals surface area contributed by atoms with Crippen LogP contribution in [0.25, 0.3) is 0 Å². The Morgan fingerprint density at radius 1 is 1.00 bits per heavy atom. The van der Waals surface area contributed by atoms with Gasteiger partial charge in [-0.25, -0.2) is 0 Å². The second-order valence-electron chi connectivity index (χ2n) is 4.55. The van der Waals surface area contributed by atoms with Crippen molar-refractivity contribution >= 4 is 0 Å². The van der Waals surface area contributed by atoms with Crippen molar-refractivity contribution in [2.45, 2.75) is 26.7 Å². The van der Waals surface area contributed by atoms with Gasteiger partial charge in [-0.3, -0.25) is 0 Å². The molecule has 0 aliphatic heterocycles. The highest BCUT2D eigenvalue weighted by Crippen LogP contribution is 2.38. The van der Waals surface area contributed by atoms with Crippen molar-refractivity contribution in [1.82, 2.24) is 0 Å². The highest BCUT2D eigenvalue weighted by Gasteiger charge is 2.30. The predicted molar refractivity (Wildman–Crippen MR) is 52.7 cm³/mol. The lowest BCUT2D eigenvalue weighted by molar-refractivity contribution is 0.273. The summed E-state index contributed by atoms with van der Waals surface area (Å²) < 4.78 is 0. The summed E-state index contributed by atoms with van der Waals surface area (Å²) in [7, 11) is 0. The molecule has 12 heavy (non-hydrogen) atoms. The first kappa shape index (κ1) is 9.75. The maximum Gasteiger partial charge on any atom is 0.00115 e. The van der Waals surface area contributed by atoms with Crippen LogP contribution in [-0.2, 0) is 0 Å². The monoisotopic (exact) mass is 168 g/mol. The second-order valence-corrected chi connectivity index (χ2v) is 4.55. The number of rotatable bonds is 2. The fourth-order valence-electron chi connectivity index (χ4n) is 1.48. The summed E-state index contributed by atoms with van der Waals surface area (Å²) in [5, 5.41) is 0. The van der Waals surface area contributed by atoms with Gasteiger partial charge in [-0.2, -0.15) is 0 Å². The fraction of sp³-hybridized carbons (Fsp3) is 0.800. The van der Waals surface area contributed by atoms with Crippen molar-refractivity contribution in [3.63, 3.8) is 0 Å². The molecule has 0 saturated carbocycles. The molecule has 1 rings (SSSR count). The fourth-order valence-corrected chi connectivity index (χ4v) is 1.48. The van der Waals surface area contributed by atoms with E-state index in [0.29, 0.717) is 0 Å². The molecule has 1 aliphatic rings. The van der Waals surface area contributed by atoms with Crippen molar-refractivity contribution < 1.29 is 0 Å². The van der Waals surface area contributed by atoms with E-state index in [9.17, 15) is 0 Å². The second kappa shape index (κ2) is 3.19. The van der Waals surface area contributed by atoms with Crippen LogP contribution in [0.1, 0.15) is 26.7 Å². The first-order valence-corrected chi connectivity index (χ1v) is 4.64. The van der Waals surface area contributed by atoms with E-state index < -0.39 is 0 Å². The molecule has 0 spiro atoms. The Labute approximate surface area is 75.0 Å². The van der Waals surface area contributed by atoms with Gasteiger partial charge in [-0.1, -0.05) is 26.0 Å². The third-order valence-electron chi connectivity index (χ3n) is 3.09. The molecule has 0 radical (unpaired) electrons. The van der Waals surface area contributed by atoms with Gasteiger partial charge in [0.1, 0.15) is 0 Å². The lowest BCUT2D eigenvalue weighted by Gasteiger charge is -2.36. The van der Waals surface area contributed by atoms with Gasteiger partial charge in [-0.15, -0.1) is 0 Å². The number of hydrogen-bond acceptors (Lipinski definition) is 2. The Kier molecular flexibility index (Phi) is 2.59. The normalized spacial score (nSPS) is 41.7. The zero-order valence-corrected chi connectivity index (χ0v) is 8.14. The topological polar surface area (TPSA) is 52.0 Å². The minimum atomic E-state index is 0.217. The van der Waals surface area contributed by atoms with Crippen molar-refractivity contribution in [3.05, 3.63) is 12.2 Å². The molecule has 2 heteroatoms. The van der Waals surface area contributed by atoms with E-state index >= 15 is 0 Å². The van der Waals surface area contributed by atoms with Crippen LogP contribution in [0.4, 0.5) is 0 Å². The van der Waals surface area contributed by atoms with Crippen LogP contribution in [0.2, 0.25) is 0 Å². The molecule has 2 nitrogen and oxygen atoms in total. The van der Waals surface area contributed by atoms with Gasteiger partial charge < -0.3 is 11.5 Å². The van der Waals surface area contributed by atoms with Crippen LogP contribution in [0.3, 0.4) is 0 Å². The van der Waals surface area contributed by atoms with Crippen LogP contribution in [-0.4, -0.2) is 13.1 Å². The molecule has 0 saturated heterocycles. The van der Waals surface area contributed by atoms with Crippen molar-refractivity contribution in [1.29, 1.82) is 0 Å². The molecule has 2 atom stereocenters. The molecule has 70 valence electrons. The lowest BCUT2D eigenvalue weighted by atomic mass is 9.71. The lowest BCUT2D eigenvalue weighted by Crippen LogP contribution is -2.35. The van der Waals surface area contributed by atoms with E-state index in [4.69, 9.17) is 11.5 Å². The van der Waals surface area contributed by atoms with Gasteiger partial charge in [0, 0.05) is 13.1 Å². The molecule has 0 fully saturated rings. The van der Waals surface area contributed by atoms with Gasteiger partial charge in [0.25, 0.3) is 0 Å². The molecule has 0 amide bonds. The summed E-state index contributed by atoms with van der Waals surface area (Å²) in [5.41, 5.74) is 11.8. The Balaban J connectivity index is 2.70. The molecule has 1 aliphatic carbocycles. The molecule has 4 N–H and O–H groups in total. The molecule has 0 heterocycles. The summed E-state index contributed by atoms with van der Waals surface area (Å²) >= 11 is 0. The summed E-state index contributed by atoms with van der Waals surface area (Å²) in [6.07, 6.45) is 6.80. The molecule has 0 aromatic rings. The van der Waals surface area contributed by atoms with Gasteiger partial charge in [0.2, 0.25) is 0 Å². The third kappa shape index (κ3) is 1.87. The Hall–Kier alpha value is -0.340. The Morgan fingerprint density at radius 3 is 1.50 bits per heavy atom. The molecule has 0 bridgehead atoms. The standard InChI is InChI=1S/C10H20N2/c1-9(7-11)3-5-10(2,8-12)6-4-9/h3,5H,4,6-8,11-12H2,1-2H3. The van der Waals surface area contributed by atoms with Gasteiger partial charge in [-0.05, 0) is 23.7 Å². The quantitative estimate of drug-likeness (QED) is 0.610. The highest BCUT2D eigenvalue weighted by molar-refractivity contribution is 5.10. The van der Waals surface area contributed by atoms with Gasteiger partial charge in [0.15, 0.2) is 0 Å². The molecular weight excluding hydrogens is 148 g/mol. The predicted octanol–water partition coefficient (Wildman–Crippen LogP) is 1.27.